The molecule has 11 heavy (non-hydrogen) atoms. The van der Waals surface area contributed by atoms with Crippen molar-refractivity contribution in [1.82, 2.24) is 4.90 Å². The van der Waals surface area contributed by atoms with Gasteiger partial charge < -0.3 is 10.6 Å². The van der Waals surface area contributed by atoms with Crippen LogP contribution in [0.3, 0.4) is 0 Å². The predicted octanol–water partition coefficient (Wildman–Crippen LogP) is 0.675. The summed E-state index contributed by atoms with van der Waals surface area (Å²) in [4.78, 5) is 2.45. The molecule has 2 nitrogen and oxygen atoms in total. The third-order valence-electron chi connectivity index (χ3n) is 3.27. The molecule has 0 radical (unpaired) electrons. The van der Waals surface area contributed by atoms with Crippen LogP contribution in [0, 0.1) is 11.8 Å². The monoisotopic (exact) mass is 154 g/mol. The Morgan fingerprint density at radius 1 is 1.27 bits per heavy atom. The summed E-state index contributed by atoms with van der Waals surface area (Å²) in [5, 5.41) is 0. The van der Waals surface area contributed by atoms with Crippen molar-refractivity contribution in [2.24, 2.45) is 17.6 Å². The van der Waals surface area contributed by atoms with Gasteiger partial charge in [-0.25, -0.2) is 0 Å². The molecule has 1 aliphatic carbocycles. The summed E-state index contributed by atoms with van der Waals surface area (Å²) < 4.78 is 0. The summed E-state index contributed by atoms with van der Waals surface area (Å²) in [7, 11) is 2.23. The smallest absolute Gasteiger partial charge is 0.00824 e. The van der Waals surface area contributed by atoms with Crippen LogP contribution in [0.5, 0.6) is 0 Å². The number of hydrogen-bond acceptors (Lipinski definition) is 2. The van der Waals surface area contributed by atoms with E-state index in [4.69, 9.17) is 5.73 Å². The average Bonchev–Trinajstić information content (AvgIpc) is 2.16. The van der Waals surface area contributed by atoms with Gasteiger partial charge in [0, 0.05) is 19.1 Å². The predicted molar refractivity (Wildman–Crippen MR) is 46.3 cm³/mol. The highest BCUT2D eigenvalue weighted by Gasteiger charge is 2.32. The van der Waals surface area contributed by atoms with Crippen LogP contribution in [0.1, 0.15) is 19.3 Å². The first-order chi connectivity index (χ1) is 5.25. The quantitative estimate of drug-likeness (QED) is 0.556. The van der Waals surface area contributed by atoms with Crippen molar-refractivity contribution < 1.29 is 0 Å². The molecule has 2 bridgehead atoms. The van der Waals surface area contributed by atoms with Crippen LogP contribution in [0.4, 0.5) is 0 Å². The van der Waals surface area contributed by atoms with Gasteiger partial charge in [-0.15, -0.1) is 0 Å². The number of nitrogens with two attached hydrogens (primary N) is 1. The summed E-state index contributed by atoms with van der Waals surface area (Å²) in [6.45, 7) is 2.52. The lowest BCUT2D eigenvalue weighted by Gasteiger charge is -2.28. The second kappa shape index (κ2) is 2.76. The van der Waals surface area contributed by atoms with Gasteiger partial charge in [-0.3, -0.25) is 0 Å². The van der Waals surface area contributed by atoms with Crippen molar-refractivity contribution in [2.75, 3.05) is 20.1 Å². The van der Waals surface area contributed by atoms with Crippen LogP contribution in [0.25, 0.3) is 0 Å². The molecule has 2 heterocycles. The fraction of sp³-hybridized carbons (Fsp3) is 1.00. The molecule has 64 valence electrons. The summed E-state index contributed by atoms with van der Waals surface area (Å²) in [6, 6.07) is 0.499. The summed E-state index contributed by atoms with van der Waals surface area (Å²) >= 11 is 0. The Morgan fingerprint density at radius 3 is 2.82 bits per heavy atom. The van der Waals surface area contributed by atoms with E-state index < -0.39 is 0 Å². The highest BCUT2D eigenvalue weighted by molar-refractivity contribution is 4.88. The van der Waals surface area contributed by atoms with E-state index in [9.17, 15) is 0 Å². The Morgan fingerprint density at radius 2 is 2.09 bits per heavy atom. The molecule has 3 fully saturated rings. The molecule has 3 rings (SSSR count). The number of nitrogens with zero attached hydrogens (tertiary/aromatic N) is 1. The van der Waals surface area contributed by atoms with Crippen molar-refractivity contribution in [2.45, 2.75) is 25.3 Å². The first-order valence-electron chi connectivity index (χ1n) is 4.70. The van der Waals surface area contributed by atoms with E-state index in [1.807, 2.05) is 0 Å². The van der Waals surface area contributed by atoms with Crippen LogP contribution < -0.4 is 5.73 Å². The number of hydrogen-bond donors (Lipinski definition) is 1. The van der Waals surface area contributed by atoms with Crippen LogP contribution in [0.2, 0.25) is 0 Å². The Balaban J connectivity index is 2.10. The van der Waals surface area contributed by atoms with E-state index in [-0.39, 0.29) is 0 Å². The molecule has 0 aromatic carbocycles. The summed E-state index contributed by atoms with van der Waals surface area (Å²) in [6.07, 6.45) is 4.06. The van der Waals surface area contributed by atoms with E-state index in [1.165, 1.54) is 32.4 Å². The zero-order valence-corrected chi connectivity index (χ0v) is 7.29. The van der Waals surface area contributed by atoms with Gasteiger partial charge in [0.2, 0.25) is 0 Å². The molecule has 3 atom stereocenters. The Labute approximate surface area is 68.7 Å². The minimum atomic E-state index is 0.499. The standard InChI is InChI=1S/C9H18N2/c1-11-5-7-2-3-8(6-11)9(10)4-7/h7-9H,2-6,10H2,1H3/t7?,8?,9-/m1/s1. The summed E-state index contributed by atoms with van der Waals surface area (Å²) in [5.74, 6) is 1.69. The van der Waals surface area contributed by atoms with Gasteiger partial charge in [-0.2, -0.15) is 0 Å². The maximum absolute atomic E-state index is 6.06. The molecule has 0 spiro atoms. The Kier molecular flexibility index (Phi) is 1.90. The van der Waals surface area contributed by atoms with Crippen LogP contribution in [0.15, 0.2) is 0 Å². The second-order valence-electron chi connectivity index (χ2n) is 4.32. The SMILES string of the molecule is CN1CC2CCC(C1)[C@H](N)C2. The lowest BCUT2D eigenvalue weighted by molar-refractivity contribution is 0.279. The molecule has 1 saturated carbocycles. The molecular weight excluding hydrogens is 136 g/mol. The van der Waals surface area contributed by atoms with Gasteiger partial charge >= 0.3 is 0 Å². The lowest BCUT2D eigenvalue weighted by atomic mass is 9.81. The van der Waals surface area contributed by atoms with E-state index in [1.54, 1.807) is 0 Å². The molecule has 0 aromatic heterocycles. The number of rotatable bonds is 0. The molecule has 0 amide bonds. The van der Waals surface area contributed by atoms with Gasteiger partial charge in [0.1, 0.15) is 0 Å². The van der Waals surface area contributed by atoms with Crippen LogP contribution in [-0.2, 0) is 0 Å². The lowest BCUT2D eigenvalue weighted by Crippen LogP contribution is -2.36. The molecule has 2 aliphatic heterocycles. The first kappa shape index (κ1) is 7.56. The van der Waals surface area contributed by atoms with Gasteiger partial charge in [0.05, 0.1) is 0 Å². The Bertz CT molecular complexity index is 144. The third kappa shape index (κ3) is 1.42. The topological polar surface area (TPSA) is 29.3 Å². The largest absolute Gasteiger partial charge is 0.327 e. The molecule has 0 aromatic rings. The van der Waals surface area contributed by atoms with Crippen LogP contribution >= 0.6 is 0 Å². The van der Waals surface area contributed by atoms with Crippen molar-refractivity contribution in [3.05, 3.63) is 0 Å². The molecular formula is C9H18N2. The van der Waals surface area contributed by atoms with Gasteiger partial charge in [0.25, 0.3) is 0 Å². The normalized spacial score (nSPS) is 45.8. The molecule has 2 unspecified atom stereocenters. The molecule has 2 N–H and O–H groups in total. The molecule has 3 aliphatic rings. The van der Waals surface area contributed by atoms with Crippen molar-refractivity contribution in [1.29, 1.82) is 0 Å². The highest BCUT2D eigenvalue weighted by atomic mass is 15.1. The van der Waals surface area contributed by atoms with Crippen LogP contribution in [-0.4, -0.2) is 31.1 Å². The minimum Gasteiger partial charge on any atom is -0.327 e. The maximum atomic E-state index is 6.06. The fourth-order valence-corrected chi connectivity index (χ4v) is 2.67. The minimum absolute atomic E-state index is 0.499. The van der Waals surface area contributed by atoms with Gasteiger partial charge in [-0.05, 0) is 38.1 Å². The third-order valence-corrected chi connectivity index (χ3v) is 3.27. The van der Waals surface area contributed by atoms with Gasteiger partial charge in [0.15, 0.2) is 0 Å². The fourth-order valence-electron chi connectivity index (χ4n) is 2.67. The van der Waals surface area contributed by atoms with E-state index in [2.05, 4.69) is 11.9 Å². The first-order valence-corrected chi connectivity index (χ1v) is 4.70. The zero-order valence-electron chi connectivity index (χ0n) is 7.29. The van der Waals surface area contributed by atoms with Crippen molar-refractivity contribution in [3.8, 4) is 0 Å². The number of fused-ring (bicyclic) bond motifs is 4. The molecule has 2 heteroatoms. The van der Waals surface area contributed by atoms with Crippen molar-refractivity contribution >= 4 is 0 Å². The maximum Gasteiger partial charge on any atom is 0.00824 e. The van der Waals surface area contributed by atoms with E-state index in [0.29, 0.717) is 6.04 Å². The average molecular weight is 154 g/mol. The summed E-state index contributed by atoms with van der Waals surface area (Å²) in [5.41, 5.74) is 6.06. The van der Waals surface area contributed by atoms with E-state index in [0.717, 1.165) is 11.8 Å². The van der Waals surface area contributed by atoms with Crippen molar-refractivity contribution in [3.63, 3.8) is 0 Å². The Hall–Kier alpha value is -0.0800. The molecule has 2 saturated heterocycles. The van der Waals surface area contributed by atoms with Gasteiger partial charge in [-0.1, -0.05) is 0 Å². The highest BCUT2D eigenvalue weighted by Crippen LogP contribution is 2.32. The van der Waals surface area contributed by atoms with E-state index >= 15 is 0 Å². The zero-order chi connectivity index (χ0) is 7.84. The second-order valence-corrected chi connectivity index (χ2v) is 4.32.